The first-order valence-electron chi connectivity index (χ1n) is 14.9. The van der Waals surface area contributed by atoms with Crippen molar-refractivity contribution in [1.82, 2.24) is 5.32 Å². The lowest BCUT2D eigenvalue weighted by molar-refractivity contribution is -0.123. The van der Waals surface area contributed by atoms with E-state index in [1.807, 2.05) is 54.6 Å². The first-order chi connectivity index (χ1) is 20.8. The summed E-state index contributed by atoms with van der Waals surface area (Å²) in [6.45, 7) is 6.13. The van der Waals surface area contributed by atoms with Gasteiger partial charge >= 0.3 is 0 Å². The average molecular weight is 605 g/mol. The molecule has 0 aliphatic rings. The van der Waals surface area contributed by atoms with Crippen molar-refractivity contribution >= 4 is 35.8 Å². The number of para-hydroxylation sites is 1. The second-order valence-corrected chi connectivity index (χ2v) is 13.3. The third-order valence-corrected chi connectivity index (χ3v) is 8.92. The number of carbonyl (C=O) groups excluding carboxylic acids is 2. The third-order valence-electron chi connectivity index (χ3n) is 7.08. The molecule has 0 saturated heterocycles. The van der Waals surface area contributed by atoms with E-state index < -0.39 is 13.5 Å². The number of amides is 2. The topological polar surface area (TPSA) is 107 Å². The maximum atomic E-state index is 13.3. The maximum absolute atomic E-state index is 13.3. The molecule has 2 N–H and O–H groups in total. The Bertz CT molecular complexity index is 1500. The van der Waals surface area contributed by atoms with Gasteiger partial charge in [-0.1, -0.05) is 44.4 Å². The highest BCUT2D eigenvalue weighted by Crippen LogP contribution is 2.41. The molecule has 9 heteroatoms. The number of ether oxygens (including phenoxy) is 1. The van der Waals surface area contributed by atoms with Gasteiger partial charge in [-0.2, -0.15) is 0 Å². The predicted molar refractivity (Wildman–Crippen MR) is 172 cm³/mol. The zero-order valence-electron chi connectivity index (χ0n) is 25.1. The Morgan fingerprint density at radius 1 is 0.930 bits per heavy atom. The van der Waals surface area contributed by atoms with Crippen molar-refractivity contribution < 1.29 is 27.8 Å². The van der Waals surface area contributed by atoms with Crippen LogP contribution in [0.1, 0.15) is 56.3 Å². The normalized spacial score (nSPS) is 13.3. The number of rotatable bonds is 16. The molecule has 2 atom stereocenters. The molecule has 0 fully saturated rings. The second kappa shape index (κ2) is 15.6. The Balaban J connectivity index is 1.36. The van der Waals surface area contributed by atoms with E-state index in [4.69, 9.17) is 13.7 Å². The molecule has 0 saturated carbocycles. The van der Waals surface area contributed by atoms with Gasteiger partial charge in [0.15, 0.2) is 6.10 Å². The van der Waals surface area contributed by atoms with Crippen LogP contribution >= 0.6 is 7.37 Å². The van der Waals surface area contributed by atoms with Crippen LogP contribution in [0.5, 0.6) is 5.75 Å². The molecule has 0 aliphatic heterocycles. The van der Waals surface area contributed by atoms with E-state index in [2.05, 4.69) is 17.6 Å². The molecule has 3 aromatic carbocycles. The zero-order valence-corrected chi connectivity index (χ0v) is 26.0. The quantitative estimate of drug-likeness (QED) is 0.0988. The third kappa shape index (κ3) is 9.57. The minimum atomic E-state index is -2.71. The van der Waals surface area contributed by atoms with Crippen LogP contribution in [-0.2, 0) is 13.9 Å². The predicted octanol–water partition coefficient (Wildman–Crippen LogP) is 8.13. The summed E-state index contributed by atoms with van der Waals surface area (Å²) in [5, 5.41) is 6.81. The molecule has 0 radical (unpaired) electrons. The molecule has 2 unspecified atom stereocenters. The fraction of sp³-hybridized carbons (Fsp3) is 0.353. The summed E-state index contributed by atoms with van der Waals surface area (Å²) in [5.41, 5.74) is 2.86. The number of nitrogens with one attached hydrogen (secondary N) is 2. The van der Waals surface area contributed by atoms with E-state index in [9.17, 15) is 14.2 Å². The van der Waals surface area contributed by atoms with Gasteiger partial charge < -0.3 is 24.3 Å². The largest absolute Gasteiger partial charge is 0.481 e. The summed E-state index contributed by atoms with van der Waals surface area (Å²) in [6.07, 6.45) is 4.22. The summed E-state index contributed by atoms with van der Waals surface area (Å²) in [4.78, 5) is 25.9. The van der Waals surface area contributed by atoms with E-state index in [1.54, 1.807) is 37.9 Å². The van der Waals surface area contributed by atoms with Gasteiger partial charge in [0.05, 0.1) is 6.61 Å². The lowest BCUT2D eigenvalue weighted by atomic mass is 10.1. The number of unbranched alkanes of at least 4 members (excludes halogenated alkanes) is 3. The monoisotopic (exact) mass is 604 g/mol. The number of benzene rings is 3. The Hall–Kier alpha value is -3.87. The highest BCUT2D eigenvalue weighted by atomic mass is 31.2. The molecule has 0 spiro atoms. The van der Waals surface area contributed by atoms with Crippen molar-refractivity contribution in [3.63, 3.8) is 0 Å². The van der Waals surface area contributed by atoms with Gasteiger partial charge in [0.25, 0.3) is 11.8 Å². The van der Waals surface area contributed by atoms with E-state index in [0.29, 0.717) is 30.0 Å². The van der Waals surface area contributed by atoms with Crippen molar-refractivity contribution in [2.24, 2.45) is 0 Å². The average Bonchev–Trinajstić information content (AvgIpc) is 3.43. The van der Waals surface area contributed by atoms with Gasteiger partial charge in [-0.3, -0.25) is 14.2 Å². The molecule has 4 aromatic rings. The van der Waals surface area contributed by atoms with Crippen LogP contribution in [0.15, 0.2) is 83.3 Å². The van der Waals surface area contributed by atoms with Gasteiger partial charge in [-0.25, -0.2) is 0 Å². The van der Waals surface area contributed by atoms with Gasteiger partial charge in [-0.15, -0.1) is 0 Å². The molecule has 43 heavy (non-hydrogen) atoms. The smallest absolute Gasteiger partial charge is 0.265 e. The van der Waals surface area contributed by atoms with E-state index in [1.165, 1.54) is 0 Å². The van der Waals surface area contributed by atoms with Gasteiger partial charge in [0.1, 0.15) is 17.1 Å². The van der Waals surface area contributed by atoms with Crippen LogP contribution < -0.4 is 15.4 Å². The van der Waals surface area contributed by atoms with Crippen LogP contribution in [0.4, 0.5) is 5.69 Å². The SMILES string of the molecule is CCCCCCC(Oc1ccc(C(=O)NCCP(C)(=O)OCC)cc1)C(=O)Nc1ccc(-c2cc3ccccc3o2)cc1. The standard InChI is InChI=1S/C34H41N2O6P/c1-4-6-7-8-13-31(41-29-20-16-26(17-21-29)33(37)35-22-23-43(3,39)40-5-2)34(38)36-28-18-14-25(15-19-28)32-24-27-11-9-10-12-30(27)42-32/h9-12,14-21,24,31H,4-8,13,22-23H2,1-3H3,(H,35,37)(H,36,38). The van der Waals surface area contributed by atoms with Crippen LogP contribution in [0.25, 0.3) is 22.3 Å². The molecule has 2 amide bonds. The summed E-state index contributed by atoms with van der Waals surface area (Å²) >= 11 is 0. The molecular weight excluding hydrogens is 563 g/mol. The van der Waals surface area contributed by atoms with Crippen molar-refractivity contribution in [2.75, 3.05) is 31.3 Å². The number of furan rings is 1. The molecular formula is C34H41N2O6P. The molecule has 4 rings (SSSR count). The maximum Gasteiger partial charge on any atom is 0.265 e. The molecule has 228 valence electrons. The van der Waals surface area contributed by atoms with E-state index in [-0.39, 0.29) is 24.5 Å². The summed E-state index contributed by atoms with van der Waals surface area (Å²) in [7, 11) is -2.71. The second-order valence-electron chi connectivity index (χ2n) is 10.6. The first-order valence-corrected chi connectivity index (χ1v) is 17.2. The Kier molecular flexibility index (Phi) is 11.6. The van der Waals surface area contributed by atoms with Gasteiger partial charge in [-0.05, 0) is 80.4 Å². The summed E-state index contributed by atoms with van der Waals surface area (Å²) < 4.78 is 29.6. The Labute approximate surface area is 253 Å². The number of hydrogen-bond donors (Lipinski definition) is 2. The number of fused-ring (bicyclic) bond motifs is 1. The highest BCUT2D eigenvalue weighted by Gasteiger charge is 2.21. The molecule has 1 heterocycles. The van der Waals surface area contributed by atoms with Gasteiger partial charge in [0, 0.05) is 41.6 Å². The van der Waals surface area contributed by atoms with Crippen LogP contribution in [0.3, 0.4) is 0 Å². The van der Waals surface area contributed by atoms with Crippen LogP contribution in [-0.4, -0.2) is 43.9 Å². The van der Waals surface area contributed by atoms with Crippen LogP contribution in [0.2, 0.25) is 0 Å². The Morgan fingerprint density at radius 3 is 2.37 bits per heavy atom. The van der Waals surface area contributed by atoms with E-state index >= 15 is 0 Å². The summed E-state index contributed by atoms with van der Waals surface area (Å²) in [5.74, 6) is 0.766. The minimum Gasteiger partial charge on any atom is -0.481 e. The van der Waals surface area contributed by atoms with Crippen molar-refractivity contribution in [1.29, 1.82) is 0 Å². The number of carbonyl (C=O) groups is 2. The molecule has 0 bridgehead atoms. The van der Waals surface area contributed by atoms with Crippen molar-refractivity contribution in [2.45, 2.75) is 52.1 Å². The minimum absolute atomic E-state index is 0.229. The van der Waals surface area contributed by atoms with Crippen LogP contribution in [0, 0.1) is 0 Å². The van der Waals surface area contributed by atoms with Gasteiger partial charge in [0.2, 0.25) is 7.37 Å². The fourth-order valence-electron chi connectivity index (χ4n) is 4.73. The zero-order chi connectivity index (χ0) is 30.7. The number of anilines is 1. The lowest BCUT2D eigenvalue weighted by Crippen LogP contribution is -2.33. The first kappa shape index (κ1) is 32.1. The van der Waals surface area contributed by atoms with Crippen molar-refractivity contribution in [3.8, 4) is 17.1 Å². The van der Waals surface area contributed by atoms with Crippen molar-refractivity contribution in [3.05, 3.63) is 84.4 Å². The molecule has 8 nitrogen and oxygen atoms in total. The fourth-order valence-corrected chi connectivity index (χ4v) is 5.92. The Morgan fingerprint density at radius 2 is 1.67 bits per heavy atom. The lowest BCUT2D eigenvalue weighted by Gasteiger charge is -2.19. The summed E-state index contributed by atoms with van der Waals surface area (Å²) in [6, 6.07) is 24.1. The van der Waals surface area contributed by atoms with E-state index in [0.717, 1.165) is 48.0 Å². The molecule has 0 aliphatic carbocycles. The number of hydrogen-bond acceptors (Lipinski definition) is 6. The molecule has 1 aromatic heterocycles. The highest BCUT2D eigenvalue weighted by molar-refractivity contribution is 7.58.